The van der Waals surface area contributed by atoms with Crippen molar-refractivity contribution in [1.82, 2.24) is 14.7 Å². The normalized spacial score (nSPS) is 16.2. The fourth-order valence-electron chi connectivity index (χ4n) is 4.10. The number of allylic oxidation sites excluding steroid dienone is 2. The summed E-state index contributed by atoms with van der Waals surface area (Å²) in [6.07, 6.45) is 5.47. The Bertz CT molecular complexity index is 1580. The Hall–Kier alpha value is -3.81. The van der Waals surface area contributed by atoms with Gasteiger partial charge in [0.15, 0.2) is 5.84 Å². The molecule has 0 saturated carbocycles. The summed E-state index contributed by atoms with van der Waals surface area (Å²) in [6, 6.07) is 19.6. The van der Waals surface area contributed by atoms with Crippen LogP contribution in [0.4, 0.5) is 0 Å². The second-order valence-corrected chi connectivity index (χ2v) is 9.47. The highest BCUT2D eigenvalue weighted by Crippen LogP contribution is 2.31. The Kier molecular flexibility index (Phi) is 5.01. The minimum atomic E-state index is -0.323. The number of carbonyl (C=O) groups is 1. The van der Waals surface area contributed by atoms with Gasteiger partial charge in [-0.15, -0.1) is 11.3 Å². The maximum absolute atomic E-state index is 13.3. The smallest absolute Gasteiger partial charge is 0.289 e. The molecule has 0 atom stereocenters. The van der Waals surface area contributed by atoms with E-state index in [0.717, 1.165) is 32.7 Å². The van der Waals surface area contributed by atoms with Gasteiger partial charge in [-0.2, -0.15) is 10.1 Å². The predicted octanol–water partition coefficient (Wildman–Crippen LogP) is 5.85. The van der Waals surface area contributed by atoms with Gasteiger partial charge in [-0.25, -0.2) is 9.67 Å². The summed E-state index contributed by atoms with van der Waals surface area (Å²) in [5, 5.41) is 6.23. The first kappa shape index (κ1) is 20.8. The van der Waals surface area contributed by atoms with Gasteiger partial charge < -0.3 is 4.90 Å². The van der Waals surface area contributed by atoms with Crippen molar-refractivity contribution in [2.45, 2.75) is 13.5 Å². The summed E-state index contributed by atoms with van der Waals surface area (Å²) >= 11 is 7.59. The lowest BCUT2D eigenvalue weighted by Crippen LogP contribution is -2.25. The number of benzene rings is 2. The van der Waals surface area contributed by atoms with Crippen LogP contribution in [0.15, 0.2) is 94.0 Å². The zero-order chi connectivity index (χ0) is 23.2. The molecule has 4 aromatic rings. The number of hydrogen-bond acceptors (Lipinski definition) is 4. The molecule has 0 unspecified atom stereocenters. The van der Waals surface area contributed by atoms with E-state index in [2.05, 4.69) is 10.1 Å². The number of amides is 1. The van der Waals surface area contributed by atoms with Crippen LogP contribution < -0.4 is 0 Å². The molecule has 0 spiro atoms. The van der Waals surface area contributed by atoms with Crippen molar-refractivity contribution in [2.75, 3.05) is 0 Å². The summed E-state index contributed by atoms with van der Waals surface area (Å²) in [4.78, 5) is 26.0. The largest absolute Gasteiger partial charge is 0.327 e. The molecule has 2 aromatic carbocycles. The summed E-state index contributed by atoms with van der Waals surface area (Å²) in [5.74, 6) is 0.767. The molecule has 6 rings (SSSR count). The van der Waals surface area contributed by atoms with Crippen molar-refractivity contribution in [3.8, 4) is 5.69 Å². The molecular formula is C26H18ClN5OS. The van der Waals surface area contributed by atoms with Gasteiger partial charge in [0, 0.05) is 23.7 Å². The van der Waals surface area contributed by atoms with E-state index in [1.807, 2.05) is 89.4 Å². The van der Waals surface area contributed by atoms with Gasteiger partial charge in [-0.3, -0.25) is 4.79 Å². The molecule has 4 heterocycles. The Morgan fingerprint density at radius 2 is 1.88 bits per heavy atom. The number of aryl methyl sites for hydroxylation is 1. The van der Waals surface area contributed by atoms with Crippen molar-refractivity contribution >= 4 is 50.7 Å². The average Bonchev–Trinajstić information content (AvgIpc) is 3.37. The first-order chi connectivity index (χ1) is 16.6. The van der Waals surface area contributed by atoms with E-state index in [1.54, 1.807) is 6.08 Å². The first-order valence-electron chi connectivity index (χ1n) is 10.7. The lowest BCUT2D eigenvalue weighted by Gasteiger charge is -2.21. The van der Waals surface area contributed by atoms with Crippen molar-refractivity contribution < 1.29 is 4.79 Å². The maximum atomic E-state index is 13.3. The summed E-state index contributed by atoms with van der Waals surface area (Å²) in [6.45, 7) is 2.54. The molecule has 0 N–H and O–H groups in total. The Balaban J connectivity index is 1.44. The van der Waals surface area contributed by atoms with Crippen LogP contribution in [0.5, 0.6) is 0 Å². The fraction of sp³-hybridized carbons (Fsp3) is 0.0769. The standard InChI is InChI=1S/C26H18ClN5OS/c1-16-21-13-22(34-26(21)32(30-16)19-8-3-2-4-9-19)25(33)29-24-20-10-6-5-7-17(20)14-31-15-18(27)11-12-23(31)28-24/h2-13,15H,14H2,1H3. The molecule has 0 radical (unpaired) electrons. The average molecular weight is 484 g/mol. The van der Waals surface area contributed by atoms with E-state index >= 15 is 0 Å². The van der Waals surface area contributed by atoms with Crippen molar-refractivity contribution in [3.05, 3.63) is 106 Å². The third-order valence-corrected chi connectivity index (χ3v) is 7.07. The van der Waals surface area contributed by atoms with Crippen LogP contribution in [0.1, 0.15) is 26.5 Å². The lowest BCUT2D eigenvalue weighted by molar-refractivity contribution is 0.101. The van der Waals surface area contributed by atoms with E-state index in [0.29, 0.717) is 28.1 Å². The van der Waals surface area contributed by atoms with Crippen molar-refractivity contribution in [2.24, 2.45) is 9.98 Å². The number of aromatic nitrogens is 2. The number of halogens is 1. The minimum Gasteiger partial charge on any atom is -0.327 e. The van der Waals surface area contributed by atoms with Crippen molar-refractivity contribution in [3.63, 3.8) is 0 Å². The topological polar surface area (TPSA) is 62.9 Å². The summed E-state index contributed by atoms with van der Waals surface area (Å²) < 4.78 is 1.88. The van der Waals surface area contributed by atoms with E-state index in [1.165, 1.54) is 11.3 Å². The highest BCUT2D eigenvalue weighted by Gasteiger charge is 2.23. The van der Waals surface area contributed by atoms with Gasteiger partial charge in [-0.1, -0.05) is 54.1 Å². The SMILES string of the molecule is Cc1nn(-c2ccccc2)c2sc(C(=O)N=C3N=C4C=CC(Cl)=CN4Cc4ccccc43)cc12. The monoisotopic (exact) mass is 483 g/mol. The molecule has 34 heavy (non-hydrogen) atoms. The number of hydrogen-bond donors (Lipinski definition) is 0. The molecule has 6 nitrogen and oxygen atoms in total. The molecule has 0 saturated heterocycles. The molecular weight excluding hydrogens is 466 g/mol. The zero-order valence-electron chi connectivity index (χ0n) is 18.1. The molecule has 0 aliphatic carbocycles. The lowest BCUT2D eigenvalue weighted by atomic mass is 10.1. The highest BCUT2D eigenvalue weighted by atomic mass is 35.5. The van der Waals surface area contributed by atoms with E-state index < -0.39 is 0 Å². The number of fused-ring (bicyclic) bond motifs is 3. The molecule has 2 aliphatic heterocycles. The Labute approximate surface area is 204 Å². The fourth-order valence-corrected chi connectivity index (χ4v) is 5.35. The Morgan fingerprint density at radius 1 is 1.09 bits per heavy atom. The number of aliphatic imine (C=N–C) groups is 2. The molecule has 0 fully saturated rings. The number of amidine groups is 2. The van der Waals surface area contributed by atoms with E-state index in [9.17, 15) is 4.79 Å². The Morgan fingerprint density at radius 3 is 2.74 bits per heavy atom. The van der Waals surface area contributed by atoms with Crippen LogP contribution >= 0.6 is 22.9 Å². The van der Waals surface area contributed by atoms with E-state index in [4.69, 9.17) is 16.6 Å². The second kappa shape index (κ2) is 8.20. The molecule has 8 heteroatoms. The number of thiophene rings is 1. The van der Waals surface area contributed by atoms with Gasteiger partial charge in [0.1, 0.15) is 10.7 Å². The van der Waals surface area contributed by atoms with Gasteiger partial charge in [-0.05, 0) is 42.8 Å². The maximum Gasteiger partial charge on any atom is 0.289 e. The van der Waals surface area contributed by atoms with Crippen LogP contribution in [0.3, 0.4) is 0 Å². The third-order valence-electron chi connectivity index (χ3n) is 5.75. The number of rotatable bonds is 2. The zero-order valence-corrected chi connectivity index (χ0v) is 19.7. The summed E-state index contributed by atoms with van der Waals surface area (Å²) in [5.41, 5.74) is 3.68. The number of para-hydroxylation sites is 1. The van der Waals surface area contributed by atoms with Crippen LogP contribution in [0, 0.1) is 6.92 Å². The molecule has 166 valence electrons. The second-order valence-electron chi connectivity index (χ2n) is 8.01. The van der Waals surface area contributed by atoms with Crippen molar-refractivity contribution in [1.29, 1.82) is 0 Å². The highest BCUT2D eigenvalue weighted by molar-refractivity contribution is 7.20. The predicted molar refractivity (Wildman–Crippen MR) is 137 cm³/mol. The third kappa shape index (κ3) is 3.59. The van der Waals surface area contributed by atoms with Crippen LogP contribution in [-0.4, -0.2) is 32.3 Å². The molecule has 0 bridgehead atoms. The molecule has 2 aromatic heterocycles. The molecule has 1 amide bonds. The number of nitrogens with zero attached hydrogens (tertiary/aromatic N) is 5. The summed E-state index contributed by atoms with van der Waals surface area (Å²) in [7, 11) is 0. The van der Waals surface area contributed by atoms with E-state index in [-0.39, 0.29) is 5.91 Å². The van der Waals surface area contributed by atoms with Gasteiger partial charge in [0.05, 0.1) is 21.3 Å². The van der Waals surface area contributed by atoms with Gasteiger partial charge in [0.2, 0.25) is 0 Å². The van der Waals surface area contributed by atoms with Gasteiger partial charge >= 0.3 is 0 Å². The van der Waals surface area contributed by atoms with Gasteiger partial charge in [0.25, 0.3) is 5.91 Å². The number of carbonyl (C=O) groups excluding carboxylic acids is 1. The molecule has 2 aliphatic rings. The van der Waals surface area contributed by atoms with Crippen LogP contribution in [0.25, 0.3) is 15.9 Å². The first-order valence-corrected chi connectivity index (χ1v) is 11.9. The quantitative estimate of drug-likeness (QED) is 0.359. The van der Waals surface area contributed by atoms with Crippen LogP contribution in [-0.2, 0) is 6.54 Å². The minimum absolute atomic E-state index is 0.323. The van der Waals surface area contributed by atoms with Crippen LogP contribution in [0.2, 0.25) is 0 Å².